The van der Waals surface area contributed by atoms with Gasteiger partial charge in [-0.2, -0.15) is 0 Å². The van der Waals surface area contributed by atoms with Crippen LogP contribution >= 0.6 is 0 Å². The third kappa shape index (κ3) is 9.64. The first-order chi connectivity index (χ1) is 20.5. The van der Waals surface area contributed by atoms with Gasteiger partial charge < -0.3 is 43.7 Å². The number of methoxy groups -OCH3 is 2. The Labute approximate surface area is 251 Å². The number of anilines is 1. The molecule has 0 saturated carbocycles. The number of aliphatic hydroxyl groups is 1. The lowest BCUT2D eigenvalue weighted by atomic mass is 9.85. The highest BCUT2D eigenvalue weighted by Crippen LogP contribution is 2.34. The number of aliphatic hydroxyl groups excluding tert-OH is 1. The monoisotopic (exact) mass is 586 g/mol. The number of benzene rings is 2. The van der Waals surface area contributed by atoms with E-state index < -0.39 is 6.10 Å². The van der Waals surface area contributed by atoms with E-state index >= 15 is 0 Å². The van der Waals surface area contributed by atoms with Crippen LogP contribution in [0.15, 0.2) is 42.5 Å². The third-order valence-corrected chi connectivity index (χ3v) is 7.75. The Morgan fingerprint density at radius 1 is 0.929 bits per heavy atom. The summed E-state index contributed by atoms with van der Waals surface area (Å²) in [4.78, 5) is 2.37. The summed E-state index contributed by atoms with van der Waals surface area (Å²) in [6.45, 7) is 11.2. The molecule has 0 bridgehead atoms. The number of fused-ring (bicyclic) bond motifs is 1. The normalized spacial score (nSPS) is 21.9. The molecule has 0 aromatic heterocycles. The number of hydrogen-bond donors (Lipinski definition) is 2. The van der Waals surface area contributed by atoms with Crippen molar-refractivity contribution in [2.75, 3.05) is 78.3 Å². The molecule has 2 N–H and O–H groups in total. The maximum atomic E-state index is 9.92. The highest BCUT2D eigenvalue weighted by molar-refractivity contribution is 5.61. The van der Waals surface area contributed by atoms with E-state index in [0.29, 0.717) is 45.5 Å². The molecule has 0 amide bonds. The predicted octanol–water partition coefficient (Wildman–Crippen LogP) is 3.76. The van der Waals surface area contributed by atoms with Crippen molar-refractivity contribution < 1.29 is 33.5 Å². The Balaban J connectivity index is 1.44. The van der Waals surface area contributed by atoms with Crippen LogP contribution in [0.2, 0.25) is 0 Å². The van der Waals surface area contributed by atoms with E-state index in [1.54, 1.807) is 21.1 Å². The van der Waals surface area contributed by atoms with Gasteiger partial charge in [0.05, 0.1) is 63.6 Å². The Morgan fingerprint density at radius 3 is 2.43 bits per heavy atom. The standard InChI is InChI=1S/C33H50N2O7/c1-24(19-38-4)20-39-22-26-6-9-28(10-7-26)33-31(41-21-25(2)36)17-34-18-32(33)42-23-27-8-11-30-29(16-27)35(13-15-40-30)12-5-14-37-3/h6-11,16,24-25,31-34,36H,5,12-15,17-23H2,1-4H3/t24?,25?,31-,32+,33+/m1/s1. The molecule has 2 unspecified atom stereocenters. The van der Waals surface area contributed by atoms with Crippen molar-refractivity contribution in [1.82, 2.24) is 5.32 Å². The van der Waals surface area contributed by atoms with Gasteiger partial charge in [0.2, 0.25) is 0 Å². The Hall–Kier alpha value is -2.24. The van der Waals surface area contributed by atoms with Crippen molar-refractivity contribution in [2.24, 2.45) is 5.92 Å². The highest BCUT2D eigenvalue weighted by atomic mass is 16.5. The molecule has 234 valence electrons. The number of rotatable bonds is 17. The lowest BCUT2D eigenvalue weighted by Gasteiger charge is -2.39. The van der Waals surface area contributed by atoms with Crippen molar-refractivity contribution in [2.45, 2.75) is 57.7 Å². The second-order valence-electron chi connectivity index (χ2n) is 11.6. The van der Waals surface area contributed by atoms with E-state index in [-0.39, 0.29) is 24.7 Å². The molecule has 42 heavy (non-hydrogen) atoms. The minimum Gasteiger partial charge on any atom is -0.490 e. The quantitative estimate of drug-likeness (QED) is 0.269. The van der Waals surface area contributed by atoms with E-state index in [9.17, 15) is 5.11 Å². The highest BCUT2D eigenvalue weighted by Gasteiger charge is 2.36. The maximum Gasteiger partial charge on any atom is 0.142 e. The molecule has 0 spiro atoms. The van der Waals surface area contributed by atoms with Crippen molar-refractivity contribution in [3.63, 3.8) is 0 Å². The van der Waals surface area contributed by atoms with Crippen molar-refractivity contribution >= 4 is 5.69 Å². The Bertz CT molecular complexity index is 1050. The zero-order valence-corrected chi connectivity index (χ0v) is 25.8. The molecule has 5 atom stereocenters. The molecule has 2 aliphatic rings. The van der Waals surface area contributed by atoms with Gasteiger partial charge in [-0.3, -0.25) is 0 Å². The number of nitrogens with one attached hydrogen (secondary N) is 1. The molecular formula is C33H50N2O7. The van der Waals surface area contributed by atoms with Gasteiger partial charge in [0.25, 0.3) is 0 Å². The van der Waals surface area contributed by atoms with Crippen LogP contribution in [0.5, 0.6) is 5.75 Å². The van der Waals surface area contributed by atoms with Crippen LogP contribution in [0, 0.1) is 5.92 Å². The summed E-state index contributed by atoms with van der Waals surface area (Å²) in [5.74, 6) is 1.30. The lowest BCUT2D eigenvalue weighted by Crippen LogP contribution is -2.51. The van der Waals surface area contributed by atoms with Crippen LogP contribution in [0.3, 0.4) is 0 Å². The molecule has 0 radical (unpaired) electrons. The van der Waals surface area contributed by atoms with Gasteiger partial charge in [0, 0.05) is 52.3 Å². The average Bonchev–Trinajstić information content (AvgIpc) is 2.99. The molecule has 9 heteroatoms. The summed E-state index contributed by atoms with van der Waals surface area (Å²) in [6, 6.07) is 14.9. The summed E-state index contributed by atoms with van der Waals surface area (Å²) in [5.41, 5.74) is 4.51. The van der Waals surface area contributed by atoms with Crippen molar-refractivity contribution in [3.8, 4) is 5.75 Å². The smallest absolute Gasteiger partial charge is 0.142 e. The fourth-order valence-electron chi connectivity index (χ4n) is 5.67. The summed E-state index contributed by atoms with van der Waals surface area (Å²) in [7, 11) is 3.46. The number of piperidine rings is 1. The number of hydrogen-bond acceptors (Lipinski definition) is 9. The molecule has 1 fully saturated rings. The topological polar surface area (TPSA) is 90.9 Å². The van der Waals surface area contributed by atoms with Crippen molar-refractivity contribution in [1.29, 1.82) is 0 Å². The van der Waals surface area contributed by atoms with Gasteiger partial charge in [-0.05, 0) is 42.2 Å². The van der Waals surface area contributed by atoms with Gasteiger partial charge in [0.15, 0.2) is 0 Å². The van der Waals surface area contributed by atoms with E-state index in [2.05, 4.69) is 59.6 Å². The van der Waals surface area contributed by atoms with E-state index in [0.717, 1.165) is 60.8 Å². The fourth-order valence-corrected chi connectivity index (χ4v) is 5.67. The molecule has 2 aliphatic heterocycles. The zero-order chi connectivity index (χ0) is 29.7. The minimum absolute atomic E-state index is 0.0215. The number of nitrogens with zero attached hydrogens (tertiary/aromatic N) is 1. The van der Waals surface area contributed by atoms with Crippen molar-refractivity contribution in [3.05, 3.63) is 59.2 Å². The predicted molar refractivity (Wildman–Crippen MR) is 163 cm³/mol. The third-order valence-electron chi connectivity index (χ3n) is 7.75. The summed E-state index contributed by atoms with van der Waals surface area (Å²) in [6.07, 6.45) is 0.220. The molecule has 0 aliphatic carbocycles. The molecular weight excluding hydrogens is 536 g/mol. The zero-order valence-electron chi connectivity index (χ0n) is 25.8. The van der Waals surface area contributed by atoms with Crippen LogP contribution < -0.4 is 15.0 Å². The van der Waals surface area contributed by atoms with Crippen LogP contribution in [-0.4, -0.2) is 96.9 Å². The molecule has 2 aromatic rings. The van der Waals surface area contributed by atoms with E-state index in [1.807, 2.05) is 0 Å². The second kappa shape index (κ2) is 17.2. The van der Waals surface area contributed by atoms with Gasteiger partial charge in [0.1, 0.15) is 12.4 Å². The molecule has 2 heterocycles. The van der Waals surface area contributed by atoms with Gasteiger partial charge in [-0.25, -0.2) is 0 Å². The van der Waals surface area contributed by atoms with Crippen LogP contribution in [0.4, 0.5) is 5.69 Å². The second-order valence-corrected chi connectivity index (χ2v) is 11.6. The van der Waals surface area contributed by atoms with E-state index in [4.69, 9.17) is 28.4 Å². The lowest BCUT2D eigenvalue weighted by molar-refractivity contribution is -0.0752. The van der Waals surface area contributed by atoms with Gasteiger partial charge >= 0.3 is 0 Å². The van der Waals surface area contributed by atoms with Crippen LogP contribution in [0.25, 0.3) is 0 Å². The summed E-state index contributed by atoms with van der Waals surface area (Å²) < 4.78 is 35.1. The first-order valence-electron chi connectivity index (χ1n) is 15.3. The first kappa shape index (κ1) is 32.7. The summed E-state index contributed by atoms with van der Waals surface area (Å²) >= 11 is 0. The molecule has 1 saturated heterocycles. The van der Waals surface area contributed by atoms with Crippen LogP contribution in [-0.2, 0) is 36.9 Å². The SMILES string of the molecule is COCCCN1CCOc2ccc(CO[C@H]3CNC[C@@H](OCC(C)O)[C@@H]3c3ccc(COCC(C)COC)cc3)cc21. The first-order valence-corrected chi connectivity index (χ1v) is 15.3. The molecule has 9 nitrogen and oxygen atoms in total. The van der Waals surface area contributed by atoms with Crippen LogP contribution in [0.1, 0.15) is 42.9 Å². The molecule has 2 aromatic carbocycles. The van der Waals surface area contributed by atoms with Gasteiger partial charge in [-0.1, -0.05) is 37.3 Å². The molecule has 4 rings (SSSR count). The Kier molecular flexibility index (Phi) is 13.3. The number of ether oxygens (including phenoxy) is 6. The summed E-state index contributed by atoms with van der Waals surface area (Å²) in [5, 5.41) is 13.4. The average molecular weight is 587 g/mol. The minimum atomic E-state index is -0.531. The fraction of sp³-hybridized carbons (Fsp3) is 0.636. The maximum absolute atomic E-state index is 9.92. The largest absolute Gasteiger partial charge is 0.490 e. The Morgan fingerprint density at radius 2 is 1.69 bits per heavy atom. The van der Waals surface area contributed by atoms with Gasteiger partial charge in [-0.15, -0.1) is 0 Å². The van der Waals surface area contributed by atoms with E-state index in [1.165, 1.54) is 0 Å².